The highest BCUT2D eigenvalue weighted by atomic mass is 35.5. The number of halogens is 1. The Morgan fingerprint density at radius 3 is 2.89 bits per heavy atom. The molecule has 2 rings (SSSR count). The van der Waals surface area contributed by atoms with Gasteiger partial charge in [0.2, 0.25) is 0 Å². The number of carbonyl (C=O) groups is 1. The van der Waals surface area contributed by atoms with Crippen molar-refractivity contribution >= 4 is 17.6 Å². The molecule has 98 valence electrons. The number of carbonyl (C=O) groups excluding carboxylic acids is 1. The molecule has 0 radical (unpaired) electrons. The molecule has 1 aromatic carbocycles. The third-order valence-electron chi connectivity index (χ3n) is 3.52. The van der Waals surface area contributed by atoms with Crippen LogP contribution in [0.2, 0.25) is 5.02 Å². The molecule has 0 atom stereocenters. The summed E-state index contributed by atoms with van der Waals surface area (Å²) in [6.07, 6.45) is 4.81. The van der Waals surface area contributed by atoms with Gasteiger partial charge in [-0.1, -0.05) is 24.6 Å². The minimum Gasteiger partial charge on any atom is -0.462 e. The van der Waals surface area contributed by atoms with E-state index in [1.54, 1.807) is 24.3 Å². The fourth-order valence-corrected chi connectivity index (χ4v) is 2.73. The molecule has 1 aliphatic rings. The van der Waals surface area contributed by atoms with Crippen molar-refractivity contribution in [3.8, 4) is 0 Å². The van der Waals surface area contributed by atoms with Crippen LogP contribution in [0.1, 0.15) is 43.0 Å². The van der Waals surface area contributed by atoms with Crippen molar-refractivity contribution < 1.29 is 9.53 Å². The predicted octanol–water partition coefficient (Wildman–Crippen LogP) is 4.32. The van der Waals surface area contributed by atoms with Gasteiger partial charge in [-0.2, -0.15) is 0 Å². The molecule has 0 N–H and O–H groups in total. The molecule has 1 aliphatic carbocycles. The summed E-state index contributed by atoms with van der Waals surface area (Å²) in [6.45, 7) is 2.80. The van der Waals surface area contributed by atoms with Crippen molar-refractivity contribution in [1.82, 2.24) is 0 Å². The summed E-state index contributed by atoms with van der Waals surface area (Å²) in [5.74, 6) is 1.47. The lowest BCUT2D eigenvalue weighted by molar-refractivity contribution is 0.0482. The average Bonchev–Trinajstić information content (AvgIpc) is 2.31. The minimum atomic E-state index is -0.278. The van der Waals surface area contributed by atoms with Crippen LogP contribution in [0.5, 0.6) is 0 Å². The zero-order chi connectivity index (χ0) is 13.0. The monoisotopic (exact) mass is 266 g/mol. The summed E-state index contributed by atoms with van der Waals surface area (Å²) >= 11 is 5.82. The normalized spacial score (nSPS) is 22.3. The van der Waals surface area contributed by atoms with Gasteiger partial charge in [-0.3, -0.25) is 0 Å². The third kappa shape index (κ3) is 3.74. The van der Waals surface area contributed by atoms with E-state index in [0.29, 0.717) is 17.2 Å². The van der Waals surface area contributed by atoms with Crippen LogP contribution in [-0.2, 0) is 4.74 Å². The van der Waals surface area contributed by atoms with Crippen molar-refractivity contribution in [1.29, 1.82) is 0 Å². The number of esters is 1. The summed E-state index contributed by atoms with van der Waals surface area (Å²) in [4.78, 5) is 11.7. The molecule has 0 spiro atoms. The van der Waals surface area contributed by atoms with E-state index in [-0.39, 0.29) is 5.97 Å². The Balaban J connectivity index is 1.66. The first-order chi connectivity index (χ1) is 8.65. The lowest BCUT2D eigenvalue weighted by atomic mass is 9.74. The Labute approximate surface area is 113 Å². The number of hydrogen-bond donors (Lipinski definition) is 0. The second-order valence-electron chi connectivity index (χ2n) is 5.23. The van der Waals surface area contributed by atoms with E-state index in [1.807, 2.05) is 0 Å². The molecular weight excluding hydrogens is 248 g/mol. The maximum atomic E-state index is 11.7. The topological polar surface area (TPSA) is 26.3 Å². The molecule has 2 nitrogen and oxygen atoms in total. The second-order valence-corrected chi connectivity index (χ2v) is 5.67. The highest BCUT2D eigenvalue weighted by Gasteiger charge is 2.24. The Bertz CT molecular complexity index is 411. The largest absolute Gasteiger partial charge is 0.462 e. The molecule has 18 heavy (non-hydrogen) atoms. The zero-order valence-corrected chi connectivity index (χ0v) is 11.5. The van der Waals surface area contributed by atoms with Crippen molar-refractivity contribution in [2.45, 2.75) is 32.6 Å². The van der Waals surface area contributed by atoms with Crippen LogP contribution in [0.4, 0.5) is 0 Å². The van der Waals surface area contributed by atoms with Gasteiger partial charge in [0.15, 0.2) is 0 Å². The van der Waals surface area contributed by atoms with Gasteiger partial charge in [0, 0.05) is 5.02 Å². The fraction of sp³-hybridized carbons (Fsp3) is 0.533. The first-order valence-corrected chi connectivity index (χ1v) is 6.95. The molecule has 0 amide bonds. The van der Waals surface area contributed by atoms with E-state index >= 15 is 0 Å². The zero-order valence-electron chi connectivity index (χ0n) is 10.7. The Kier molecular flexibility index (Phi) is 4.65. The first-order valence-electron chi connectivity index (χ1n) is 6.58. The molecule has 0 heterocycles. The van der Waals surface area contributed by atoms with E-state index in [9.17, 15) is 4.79 Å². The Hall–Kier alpha value is -1.02. The molecule has 3 heteroatoms. The highest BCUT2D eigenvalue weighted by Crippen LogP contribution is 2.36. The fourth-order valence-electron chi connectivity index (χ4n) is 2.54. The first kappa shape index (κ1) is 13.4. The van der Waals surface area contributed by atoms with Crippen LogP contribution < -0.4 is 0 Å². The van der Waals surface area contributed by atoms with Crippen molar-refractivity contribution in [2.75, 3.05) is 6.61 Å². The predicted molar refractivity (Wildman–Crippen MR) is 72.9 cm³/mol. The summed E-state index contributed by atoms with van der Waals surface area (Å²) in [5.41, 5.74) is 0.528. The Morgan fingerprint density at radius 1 is 1.44 bits per heavy atom. The van der Waals surface area contributed by atoms with Gasteiger partial charge in [0.1, 0.15) is 0 Å². The molecule has 0 saturated heterocycles. The van der Waals surface area contributed by atoms with Gasteiger partial charge in [-0.05, 0) is 55.7 Å². The maximum absolute atomic E-state index is 11.7. The molecule has 0 unspecified atom stereocenters. The van der Waals surface area contributed by atoms with Gasteiger partial charge in [-0.25, -0.2) is 4.79 Å². The smallest absolute Gasteiger partial charge is 0.338 e. The highest BCUT2D eigenvalue weighted by molar-refractivity contribution is 6.30. The van der Waals surface area contributed by atoms with Crippen LogP contribution in [0, 0.1) is 11.8 Å². The standard InChI is InChI=1S/C15H19ClO2/c1-11-8-12(9-11)4-3-7-18-15(17)13-5-2-6-14(16)10-13/h2,5-6,10-12H,3-4,7-9H2,1H3. The molecule has 0 bridgehead atoms. The summed E-state index contributed by atoms with van der Waals surface area (Å²) in [6, 6.07) is 6.87. The van der Waals surface area contributed by atoms with Gasteiger partial charge < -0.3 is 4.74 Å². The molecule has 0 aromatic heterocycles. The minimum absolute atomic E-state index is 0.278. The molecule has 1 aromatic rings. The maximum Gasteiger partial charge on any atom is 0.338 e. The van der Waals surface area contributed by atoms with E-state index in [1.165, 1.54) is 19.3 Å². The van der Waals surface area contributed by atoms with Crippen LogP contribution >= 0.6 is 11.6 Å². The molecule has 0 aliphatic heterocycles. The van der Waals surface area contributed by atoms with Crippen molar-refractivity contribution in [3.63, 3.8) is 0 Å². The van der Waals surface area contributed by atoms with Crippen LogP contribution in [0.25, 0.3) is 0 Å². The van der Waals surface area contributed by atoms with Gasteiger partial charge in [-0.15, -0.1) is 0 Å². The van der Waals surface area contributed by atoms with E-state index in [4.69, 9.17) is 16.3 Å². The number of ether oxygens (including phenoxy) is 1. The second kappa shape index (κ2) is 6.24. The number of benzene rings is 1. The van der Waals surface area contributed by atoms with E-state index in [0.717, 1.165) is 18.3 Å². The third-order valence-corrected chi connectivity index (χ3v) is 3.76. The van der Waals surface area contributed by atoms with E-state index < -0.39 is 0 Å². The van der Waals surface area contributed by atoms with Crippen LogP contribution in [0.3, 0.4) is 0 Å². The van der Waals surface area contributed by atoms with E-state index in [2.05, 4.69) is 6.92 Å². The van der Waals surface area contributed by atoms with Gasteiger partial charge >= 0.3 is 5.97 Å². The lowest BCUT2D eigenvalue weighted by Gasteiger charge is -2.32. The van der Waals surface area contributed by atoms with Crippen molar-refractivity contribution in [3.05, 3.63) is 34.9 Å². The summed E-state index contributed by atoms with van der Waals surface area (Å²) in [5, 5.41) is 0.563. The molecule has 1 fully saturated rings. The van der Waals surface area contributed by atoms with Crippen molar-refractivity contribution in [2.24, 2.45) is 11.8 Å². The summed E-state index contributed by atoms with van der Waals surface area (Å²) in [7, 11) is 0. The van der Waals surface area contributed by atoms with Crippen LogP contribution in [-0.4, -0.2) is 12.6 Å². The Morgan fingerprint density at radius 2 is 2.22 bits per heavy atom. The quantitative estimate of drug-likeness (QED) is 0.586. The lowest BCUT2D eigenvalue weighted by Crippen LogP contribution is -2.21. The average molecular weight is 267 g/mol. The molecule has 1 saturated carbocycles. The SMILES string of the molecule is CC1CC(CCCOC(=O)c2cccc(Cl)c2)C1. The van der Waals surface area contributed by atoms with Gasteiger partial charge in [0.25, 0.3) is 0 Å². The van der Waals surface area contributed by atoms with Gasteiger partial charge in [0.05, 0.1) is 12.2 Å². The number of hydrogen-bond acceptors (Lipinski definition) is 2. The van der Waals surface area contributed by atoms with Crippen LogP contribution in [0.15, 0.2) is 24.3 Å². The summed E-state index contributed by atoms with van der Waals surface area (Å²) < 4.78 is 5.23. The number of rotatable bonds is 5. The molecular formula is C15H19ClO2.